The zero-order valence-corrected chi connectivity index (χ0v) is 30.8. The first-order valence-corrected chi connectivity index (χ1v) is 18.5. The van der Waals surface area contributed by atoms with Crippen molar-refractivity contribution in [2.45, 2.75) is 50.7 Å². The molecule has 1 N–H and O–H groups in total. The molecule has 4 aromatic rings. The number of carbonyl (C=O) groups is 2. The first kappa shape index (κ1) is 34.1. The fourth-order valence-electron chi connectivity index (χ4n) is 9.29. The van der Waals surface area contributed by atoms with E-state index in [0.717, 1.165) is 69.7 Å². The molecule has 0 bridgehead atoms. The first-order valence-electron chi connectivity index (χ1n) is 18.2. The molecule has 13 heteroatoms. The maximum absolute atomic E-state index is 16.5. The Balaban J connectivity index is 0.956. The Bertz CT molecular complexity index is 2160. The van der Waals surface area contributed by atoms with Crippen LogP contribution in [-0.2, 0) is 22.6 Å². The summed E-state index contributed by atoms with van der Waals surface area (Å²) in [6.45, 7) is 7.19. The van der Waals surface area contributed by atoms with Crippen molar-refractivity contribution >= 4 is 23.4 Å². The van der Waals surface area contributed by atoms with Crippen LogP contribution in [-0.4, -0.2) is 100 Å². The fraction of sp³-hybridized carbons (Fsp3) is 0.425. The highest BCUT2D eigenvalue weighted by Crippen LogP contribution is 2.48. The summed E-state index contributed by atoms with van der Waals surface area (Å²) in [6, 6.07) is 13.0. The van der Waals surface area contributed by atoms with Crippen molar-refractivity contribution in [3.8, 4) is 45.4 Å². The van der Waals surface area contributed by atoms with Crippen LogP contribution >= 0.6 is 11.6 Å². The van der Waals surface area contributed by atoms with Gasteiger partial charge in [0.25, 0.3) is 0 Å². The van der Waals surface area contributed by atoms with Gasteiger partial charge in [-0.3, -0.25) is 24.4 Å². The van der Waals surface area contributed by atoms with Crippen molar-refractivity contribution in [1.82, 2.24) is 35.0 Å². The second-order valence-corrected chi connectivity index (χ2v) is 15.8. The SMILES string of the molecule is COc1nc(-c2cccc(-c3cccc(-c4cc5c(c(OC)n4)C(N4CC6(CCC(=O)N6)C4)CC5)c3Cl)c2F)cnc1CN1CC2(C1)CN(C(C)=O)C2. The molecule has 4 saturated heterocycles. The summed E-state index contributed by atoms with van der Waals surface area (Å²) in [5, 5.41) is 3.57. The highest BCUT2D eigenvalue weighted by atomic mass is 35.5. The summed E-state index contributed by atoms with van der Waals surface area (Å²) in [7, 11) is 3.18. The number of pyridine rings is 1. The number of likely N-dealkylation sites (tertiary alicyclic amines) is 3. The predicted molar refractivity (Wildman–Crippen MR) is 197 cm³/mol. The van der Waals surface area contributed by atoms with Gasteiger partial charge in [-0.15, -0.1) is 0 Å². The van der Waals surface area contributed by atoms with E-state index in [2.05, 4.69) is 31.2 Å². The number of aromatic nitrogens is 3. The average molecular weight is 738 g/mol. The second kappa shape index (κ2) is 12.7. The molecule has 1 atom stereocenters. The van der Waals surface area contributed by atoms with Gasteiger partial charge in [-0.05, 0) is 37.0 Å². The number of nitrogens with zero attached hydrogens (tertiary/aromatic N) is 6. The van der Waals surface area contributed by atoms with Gasteiger partial charge in [0, 0.05) is 98.4 Å². The maximum atomic E-state index is 16.5. The van der Waals surface area contributed by atoms with Crippen molar-refractivity contribution in [3.05, 3.63) is 76.3 Å². The number of amides is 2. The molecule has 0 radical (unpaired) electrons. The molecular formula is C40H41ClFN7O4. The Morgan fingerprint density at radius 2 is 1.64 bits per heavy atom. The number of ether oxygens (including phenoxy) is 2. The minimum absolute atomic E-state index is 0.0984. The van der Waals surface area contributed by atoms with Gasteiger partial charge in [0.15, 0.2) is 0 Å². The van der Waals surface area contributed by atoms with Crippen LogP contribution < -0.4 is 14.8 Å². The van der Waals surface area contributed by atoms with E-state index >= 15 is 4.39 Å². The second-order valence-electron chi connectivity index (χ2n) is 15.4. The lowest BCUT2D eigenvalue weighted by molar-refractivity contribution is -0.157. The third-order valence-electron chi connectivity index (χ3n) is 11.8. The standard InChI is InChI=1S/C40H41ClFN7O4/c1-23(50)48-19-39(20-48)17-47(18-39)16-31-37(52-2)45-30(15-43-31)28-9-5-7-26(36(28)42)25-6-4-8-27(35(25)41)29-14-24-10-11-32(34(24)38(44-29)53-3)49-21-40(22-49)13-12-33(51)46-40/h4-9,14-15,32H,10-13,16-22H2,1-3H3,(H,46,51). The minimum Gasteiger partial charge on any atom is -0.481 e. The Morgan fingerprint density at radius 1 is 0.943 bits per heavy atom. The molecule has 0 saturated carbocycles. The van der Waals surface area contributed by atoms with Crippen molar-refractivity contribution in [3.63, 3.8) is 0 Å². The third-order valence-corrected chi connectivity index (χ3v) is 12.3. The average Bonchev–Trinajstić information content (AvgIpc) is 3.71. The number of benzene rings is 2. The van der Waals surface area contributed by atoms with E-state index in [9.17, 15) is 9.59 Å². The van der Waals surface area contributed by atoms with Crippen molar-refractivity contribution in [2.75, 3.05) is 53.5 Å². The van der Waals surface area contributed by atoms with Gasteiger partial charge in [0.1, 0.15) is 11.5 Å². The van der Waals surface area contributed by atoms with Gasteiger partial charge in [0.2, 0.25) is 23.6 Å². The molecule has 2 aromatic carbocycles. The molecule has 2 spiro atoms. The Morgan fingerprint density at radius 3 is 2.34 bits per heavy atom. The number of nitrogens with one attached hydrogen (secondary N) is 1. The van der Waals surface area contributed by atoms with Crippen LogP contribution in [0.4, 0.5) is 4.39 Å². The number of methoxy groups -OCH3 is 2. The summed E-state index contributed by atoms with van der Waals surface area (Å²) in [5.74, 6) is 0.712. The van der Waals surface area contributed by atoms with E-state index in [-0.39, 0.29) is 34.4 Å². The van der Waals surface area contributed by atoms with Crippen LogP contribution in [0.3, 0.4) is 0 Å². The number of carbonyl (C=O) groups excluding carboxylic acids is 2. The Labute approximate surface area is 312 Å². The molecule has 4 aliphatic heterocycles. The van der Waals surface area contributed by atoms with Crippen molar-refractivity contribution < 1.29 is 23.5 Å². The van der Waals surface area contributed by atoms with Gasteiger partial charge in [-0.25, -0.2) is 14.4 Å². The van der Waals surface area contributed by atoms with Crippen LogP contribution in [0.5, 0.6) is 11.8 Å². The molecule has 4 fully saturated rings. The van der Waals surface area contributed by atoms with E-state index in [1.54, 1.807) is 45.5 Å². The molecule has 2 aromatic heterocycles. The molecule has 1 unspecified atom stereocenters. The molecule has 9 rings (SSSR count). The third kappa shape index (κ3) is 5.73. The highest BCUT2D eigenvalue weighted by Gasteiger charge is 2.53. The lowest BCUT2D eigenvalue weighted by atomic mass is 9.73. The summed E-state index contributed by atoms with van der Waals surface area (Å²) >= 11 is 7.12. The number of hydrogen-bond donors (Lipinski definition) is 1. The lowest BCUT2D eigenvalue weighted by Gasteiger charge is -2.60. The van der Waals surface area contributed by atoms with Crippen LogP contribution in [0.1, 0.15) is 49.0 Å². The molecule has 1 aliphatic carbocycles. The number of fused-ring (bicyclic) bond motifs is 1. The molecule has 53 heavy (non-hydrogen) atoms. The van der Waals surface area contributed by atoms with E-state index in [1.165, 1.54) is 0 Å². The smallest absolute Gasteiger partial charge is 0.237 e. The molecular weight excluding hydrogens is 697 g/mol. The van der Waals surface area contributed by atoms with Gasteiger partial charge in [-0.1, -0.05) is 41.9 Å². The number of rotatable bonds is 8. The molecule has 11 nitrogen and oxygen atoms in total. The van der Waals surface area contributed by atoms with E-state index in [1.807, 2.05) is 23.1 Å². The summed E-state index contributed by atoms with van der Waals surface area (Å²) in [6.07, 6.45) is 4.88. The van der Waals surface area contributed by atoms with Crippen LogP contribution in [0, 0.1) is 11.2 Å². The summed E-state index contributed by atoms with van der Waals surface area (Å²) in [4.78, 5) is 44.4. The lowest BCUT2D eigenvalue weighted by Crippen LogP contribution is -2.72. The van der Waals surface area contributed by atoms with Gasteiger partial charge >= 0.3 is 0 Å². The van der Waals surface area contributed by atoms with Crippen molar-refractivity contribution in [1.29, 1.82) is 0 Å². The van der Waals surface area contributed by atoms with Gasteiger partial charge < -0.3 is 19.7 Å². The quantitative estimate of drug-likeness (QED) is 0.258. The Hall–Kier alpha value is -4.65. The number of hydrogen-bond acceptors (Lipinski definition) is 9. The van der Waals surface area contributed by atoms with Crippen LogP contribution in [0.15, 0.2) is 48.7 Å². The minimum atomic E-state index is -0.464. The van der Waals surface area contributed by atoms with Gasteiger partial charge in [0.05, 0.1) is 42.4 Å². The molecule has 274 valence electrons. The molecule has 2 amide bonds. The monoisotopic (exact) mass is 737 g/mol. The van der Waals surface area contributed by atoms with E-state index in [4.69, 9.17) is 26.1 Å². The van der Waals surface area contributed by atoms with E-state index in [0.29, 0.717) is 63.5 Å². The topological polar surface area (TPSA) is 113 Å². The normalized spacial score (nSPS) is 21.2. The van der Waals surface area contributed by atoms with Crippen molar-refractivity contribution in [2.24, 2.45) is 5.41 Å². The predicted octanol–water partition coefficient (Wildman–Crippen LogP) is 5.30. The summed E-state index contributed by atoms with van der Waals surface area (Å²) < 4.78 is 28.0. The van der Waals surface area contributed by atoms with Crippen LogP contribution in [0.2, 0.25) is 5.02 Å². The number of halogens is 2. The first-order chi connectivity index (χ1) is 25.6. The van der Waals surface area contributed by atoms with E-state index < -0.39 is 5.82 Å². The molecule has 6 heterocycles. The Kier molecular flexibility index (Phi) is 8.21. The summed E-state index contributed by atoms with van der Waals surface area (Å²) in [5.41, 5.74) is 5.89. The maximum Gasteiger partial charge on any atom is 0.237 e. The molecule has 5 aliphatic rings. The fourth-order valence-corrected chi connectivity index (χ4v) is 9.61. The number of aryl methyl sites for hydroxylation is 1. The van der Waals surface area contributed by atoms with Gasteiger partial charge in [-0.2, -0.15) is 0 Å². The highest BCUT2D eigenvalue weighted by molar-refractivity contribution is 6.36. The largest absolute Gasteiger partial charge is 0.481 e. The zero-order chi connectivity index (χ0) is 36.6. The zero-order valence-electron chi connectivity index (χ0n) is 30.0. The van der Waals surface area contributed by atoms with Crippen LogP contribution in [0.25, 0.3) is 33.6 Å².